The Morgan fingerprint density at radius 1 is 1.18 bits per heavy atom. The third-order valence-corrected chi connectivity index (χ3v) is 3.86. The third-order valence-electron chi connectivity index (χ3n) is 3.86. The van der Waals surface area contributed by atoms with Crippen molar-refractivity contribution in [2.24, 2.45) is 0 Å². The van der Waals surface area contributed by atoms with Gasteiger partial charge in [0.05, 0.1) is 0 Å². The summed E-state index contributed by atoms with van der Waals surface area (Å²) in [6, 6.07) is 6.36. The zero-order chi connectivity index (χ0) is 11.7. The first-order chi connectivity index (χ1) is 8.34. The second-order valence-electron chi connectivity index (χ2n) is 4.98. The Balaban J connectivity index is 1.86. The number of fused-ring (bicyclic) bond motifs is 1. The van der Waals surface area contributed by atoms with Gasteiger partial charge in [-0.15, -0.1) is 0 Å². The van der Waals surface area contributed by atoms with Crippen LogP contribution in [0.1, 0.15) is 46.7 Å². The highest BCUT2D eigenvalue weighted by atomic mass is 16.1. The van der Waals surface area contributed by atoms with Crippen molar-refractivity contribution in [3.8, 4) is 0 Å². The lowest BCUT2D eigenvalue weighted by Crippen LogP contribution is -2.13. The highest BCUT2D eigenvalue weighted by molar-refractivity contribution is 5.98. The maximum absolute atomic E-state index is 11.5. The molecule has 1 unspecified atom stereocenters. The molecule has 1 saturated heterocycles. The van der Waals surface area contributed by atoms with Crippen molar-refractivity contribution < 1.29 is 4.79 Å². The van der Waals surface area contributed by atoms with Crippen LogP contribution in [0.25, 0.3) is 0 Å². The molecule has 90 valence electrons. The Kier molecular flexibility index (Phi) is 2.85. The van der Waals surface area contributed by atoms with E-state index in [2.05, 4.69) is 22.8 Å². The zero-order valence-corrected chi connectivity index (χ0v) is 9.96. The number of hydrogen-bond acceptors (Lipinski definition) is 2. The van der Waals surface area contributed by atoms with Crippen molar-refractivity contribution in [2.75, 3.05) is 13.1 Å². The predicted octanol–water partition coefficient (Wildman–Crippen LogP) is 1.79. The average Bonchev–Trinajstić information content (AvgIpc) is 2.58. The lowest BCUT2D eigenvalue weighted by atomic mass is 9.90. The van der Waals surface area contributed by atoms with E-state index in [-0.39, 0.29) is 5.91 Å². The summed E-state index contributed by atoms with van der Waals surface area (Å²) < 4.78 is 0. The molecule has 2 heterocycles. The largest absolute Gasteiger partial charge is 0.348 e. The minimum absolute atomic E-state index is 0.0779. The fourth-order valence-corrected chi connectivity index (χ4v) is 2.86. The van der Waals surface area contributed by atoms with Gasteiger partial charge >= 0.3 is 0 Å². The minimum atomic E-state index is 0.0779. The lowest BCUT2D eigenvalue weighted by molar-refractivity contribution is 0.0966. The Morgan fingerprint density at radius 2 is 2.12 bits per heavy atom. The summed E-state index contributed by atoms with van der Waals surface area (Å²) in [5.74, 6) is 0.736. The molecule has 1 aromatic rings. The van der Waals surface area contributed by atoms with Crippen molar-refractivity contribution in [1.82, 2.24) is 10.6 Å². The van der Waals surface area contributed by atoms with E-state index in [1.54, 1.807) is 0 Å². The summed E-state index contributed by atoms with van der Waals surface area (Å²) in [7, 11) is 0. The highest BCUT2D eigenvalue weighted by Crippen LogP contribution is 2.28. The molecule has 3 nitrogen and oxygen atoms in total. The number of amides is 1. The quantitative estimate of drug-likeness (QED) is 0.772. The second-order valence-corrected chi connectivity index (χ2v) is 4.98. The number of benzene rings is 1. The normalized spacial score (nSPS) is 24.0. The fourth-order valence-electron chi connectivity index (χ4n) is 2.86. The molecular weight excluding hydrogens is 212 g/mol. The van der Waals surface area contributed by atoms with Gasteiger partial charge in [-0.1, -0.05) is 12.1 Å². The van der Waals surface area contributed by atoms with Gasteiger partial charge < -0.3 is 10.6 Å². The molecule has 17 heavy (non-hydrogen) atoms. The van der Waals surface area contributed by atoms with Crippen LogP contribution in [0.3, 0.4) is 0 Å². The molecule has 2 N–H and O–H groups in total. The first-order valence-electron chi connectivity index (χ1n) is 6.46. The van der Waals surface area contributed by atoms with Crippen LogP contribution in [0.2, 0.25) is 0 Å². The SMILES string of the molecule is O=C1NCc2cc(C3CCCNCC3)ccc21. The summed E-state index contributed by atoms with van der Waals surface area (Å²) in [6.07, 6.45) is 3.71. The Hall–Kier alpha value is -1.35. The molecule has 0 saturated carbocycles. The molecule has 2 aliphatic rings. The van der Waals surface area contributed by atoms with E-state index in [0.29, 0.717) is 12.5 Å². The maximum atomic E-state index is 11.5. The zero-order valence-electron chi connectivity index (χ0n) is 9.96. The molecule has 1 amide bonds. The van der Waals surface area contributed by atoms with E-state index in [1.807, 2.05) is 6.07 Å². The number of nitrogens with one attached hydrogen (secondary N) is 2. The molecule has 0 aromatic heterocycles. The smallest absolute Gasteiger partial charge is 0.251 e. The fraction of sp³-hybridized carbons (Fsp3) is 0.500. The maximum Gasteiger partial charge on any atom is 0.251 e. The van der Waals surface area contributed by atoms with E-state index < -0.39 is 0 Å². The average molecular weight is 230 g/mol. The van der Waals surface area contributed by atoms with Crippen molar-refractivity contribution in [2.45, 2.75) is 31.7 Å². The monoisotopic (exact) mass is 230 g/mol. The standard InChI is InChI=1S/C14H18N2O/c17-14-13-4-3-11(8-12(13)9-16-14)10-2-1-6-15-7-5-10/h3-4,8,10,15H,1-2,5-7,9H2,(H,16,17). The van der Waals surface area contributed by atoms with Gasteiger partial charge in [0.15, 0.2) is 0 Å². The molecule has 3 heteroatoms. The van der Waals surface area contributed by atoms with Crippen LogP contribution in [0, 0.1) is 0 Å². The molecule has 0 aliphatic carbocycles. The van der Waals surface area contributed by atoms with Crippen LogP contribution in [0.5, 0.6) is 0 Å². The van der Waals surface area contributed by atoms with Crippen molar-refractivity contribution in [3.05, 3.63) is 34.9 Å². The first-order valence-corrected chi connectivity index (χ1v) is 6.46. The Morgan fingerprint density at radius 3 is 3.06 bits per heavy atom. The Bertz CT molecular complexity index is 434. The van der Waals surface area contributed by atoms with Gasteiger partial charge in [-0.05, 0) is 55.5 Å². The van der Waals surface area contributed by atoms with E-state index in [0.717, 1.165) is 18.7 Å². The number of hydrogen-bond donors (Lipinski definition) is 2. The van der Waals surface area contributed by atoms with Gasteiger partial charge in [0, 0.05) is 12.1 Å². The predicted molar refractivity (Wildman–Crippen MR) is 67.1 cm³/mol. The number of carbonyl (C=O) groups is 1. The summed E-state index contributed by atoms with van der Waals surface area (Å²) in [5, 5.41) is 6.32. The molecule has 1 atom stereocenters. The third kappa shape index (κ3) is 2.07. The summed E-state index contributed by atoms with van der Waals surface area (Å²) in [4.78, 5) is 11.5. The van der Waals surface area contributed by atoms with E-state index in [1.165, 1.54) is 30.4 Å². The van der Waals surface area contributed by atoms with Crippen LogP contribution in [0.15, 0.2) is 18.2 Å². The van der Waals surface area contributed by atoms with Crippen molar-refractivity contribution >= 4 is 5.91 Å². The van der Waals surface area contributed by atoms with Crippen molar-refractivity contribution in [1.29, 1.82) is 0 Å². The van der Waals surface area contributed by atoms with Crippen molar-refractivity contribution in [3.63, 3.8) is 0 Å². The van der Waals surface area contributed by atoms with Gasteiger partial charge in [-0.2, -0.15) is 0 Å². The molecular formula is C14H18N2O. The van der Waals surface area contributed by atoms with Gasteiger partial charge in [0.25, 0.3) is 5.91 Å². The van der Waals surface area contributed by atoms with E-state index >= 15 is 0 Å². The molecule has 0 radical (unpaired) electrons. The second kappa shape index (κ2) is 4.49. The molecule has 0 bridgehead atoms. The van der Waals surface area contributed by atoms with Crippen LogP contribution in [0.4, 0.5) is 0 Å². The molecule has 1 fully saturated rings. The minimum Gasteiger partial charge on any atom is -0.348 e. The summed E-state index contributed by atoms with van der Waals surface area (Å²) in [6.45, 7) is 2.95. The van der Waals surface area contributed by atoms with Gasteiger partial charge in [0.2, 0.25) is 0 Å². The van der Waals surface area contributed by atoms with E-state index in [9.17, 15) is 4.79 Å². The molecule has 3 rings (SSSR count). The van der Waals surface area contributed by atoms with Gasteiger partial charge in [-0.25, -0.2) is 0 Å². The molecule has 2 aliphatic heterocycles. The summed E-state index contributed by atoms with van der Waals surface area (Å²) in [5.41, 5.74) is 3.44. The van der Waals surface area contributed by atoms with Gasteiger partial charge in [0.1, 0.15) is 0 Å². The topological polar surface area (TPSA) is 41.1 Å². The van der Waals surface area contributed by atoms with Crippen LogP contribution < -0.4 is 10.6 Å². The number of rotatable bonds is 1. The lowest BCUT2D eigenvalue weighted by Gasteiger charge is -2.14. The number of carbonyl (C=O) groups excluding carboxylic acids is 1. The molecule has 0 spiro atoms. The highest BCUT2D eigenvalue weighted by Gasteiger charge is 2.21. The Labute approximate surface area is 102 Å². The first kappa shape index (κ1) is 10.8. The van der Waals surface area contributed by atoms with Crippen LogP contribution >= 0.6 is 0 Å². The van der Waals surface area contributed by atoms with Crippen LogP contribution in [-0.2, 0) is 6.54 Å². The summed E-state index contributed by atoms with van der Waals surface area (Å²) >= 11 is 0. The van der Waals surface area contributed by atoms with Crippen LogP contribution in [-0.4, -0.2) is 19.0 Å². The van der Waals surface area contributed by atoms with Gasteiger partial charge in [-0.3, -0.25) is 4.79 Å². The molecule has 1 aromatic carbocycles. The van der Waals surface area contributed by atoms with E-state index in [4.69, 9.17) is 0 Å².